The van der Waals surface area contributed by atoms with E-state index in [1.165, 1.54) is 38.5 Å². The predicted molar refractivity (Wildman–Crippen MR) is 77.9 cm³/mol. The Kier molecular flexibility index (Phi) is 13.9. The summed E-state index contributed by atoms with van der Waals surface area (Å²) in [4.78, 5) is 11.4. The van der Waals surface area contributed by atoms with E-state index in [9.17, 15) is 4.79 Å². The Morgan fingerprint density at radius 1 is 0.944 bits per heavy atom. The van der Waals surface area contributed by atoms with Gasteiger partial charge in [-0.2, -0.15) is 0 Å². The lowest BCUT2D eigenvalue weighted by Crippen LogP contribution is -2.06. The maximum Gasteiger partial charge on any atom is 0.180 e. The molecule has 18 heavy (non-hydrogen) atoms. The van der Waals surface area contributed by atoms with Gasteiger partial charge < -0.3 is 4.74 Å². The number of hydrogen-bond donors (Lipinski definition) is 0. The number of hydrogen-bond acceptors (Lipinski definition) is 2. The molecule has 0 atom stereocenters. The minimum atomic E-state index is 0.0945. The third-order valence-corrected chi connectivity index (χ3v) is 2.91. The quantitative estimate of drug-likeness (QED) is 0.352. The number of allylic oxidation sites excluding steroid dienone is 1. The van der Waals surface area contributed by atoms with Gasteiger partial charge in [-0.05, 0) is 18.9 Å². The summed E-state index contributed by atoms with van der Waals surface area (Å²) in [5.74, 6) is 0.0945. The second-order valence-corrected chi connectivity index (χ2v) is 4.83. The molecule has 0 heterocycles. The van der Waals surface area contributed by atoms with Gasteiger partial charge in [-0.25, -0.2) is 0 Å². The van der Waals surface area contributed by atoms with E-state index >= 15 is 0 Å². The van der Waals surface area contributed by atoms with Crippen molar-refractivity contribution in [3.63, 3.8) is 0 Å². The Balaban J connectivity index is 3.22. The van der Waals surface area contributed by atoms with E-state index in [0.717, 1.165) is 25.9 Å². The topological polar surface area (TPSA) is 26.3 Å². The smallest absolute Gasteiger partial charge is 0.180 e. The lowest BCUT2D eigenvalue weighted by Gasteiger charge is -2.02. The van der Waals surface area contributed by atoms with Crippen molar-refractivity contribution in [1.82, 2.24) is 0 Å². The summed E-state index contributed by atoms with van der Waals surface area (Å²) in [5.41, 5.74) is 0. The molecule has 0 aliphatic rings. The lowest BCUT2D eigenvalue weighted by atomic mass is 10.1. The van der Waals surface area contributed by atoms with Crippen LogP contribution in [0.5, 0.6) is 0 Å². The Hall–Kier alpha value is -0.630. The van der Waals surface area contributed by atoms with Crippen molar-refractivity contribution in [2.45, 2.75) is 71.6 Å². The van der Waals surface area contributed by atoms with Crippen LogP contribution in [0.2, 0.25) is 0 Å². The molecule has 0 aliphatic heterocycles. The Morgan fingerprint density at radius 3 is 2.33 bits per heavy atom. The maximum atomic E-state index is 11.4. The average molecular weight is 254 g/mol. The molecule has 0 saturated carbocycles. The summed E-state index contributed by atoms with van der Waals surface area (Å²) in [5, 5.41) is 0. The zero-order valence-electron chi connectivity index (χ0n) is 12.2. The van der Waals surface area contributed by atoms with Crippen molar-refractivity contribution in [2.75, 3.05) is 13.2 Å². The fourth-order valence-corrected chi connectivity index (χ4v) is 1.74. The van der Waals surface area contributed by atoms with Crippen LogP contribution in [0.4, 0.5) is 0 Å². The van der Waals surface area contributed by atoms with Gasteiger partial charge in [-0.15, -0.1) is 0 Å². The van der Waals surface area contributed by atoms with Crippen LogP contribution >= 0.6 is 0 Å². The molecule has 0 saturated heterocycles. The van der Waals surface area contributed by atoms with Crippen LogP contribution in [0.1, 0.15) is 71.6 Å². The molecule has 0 rings (SSSR count). The van der Waals surface area contributed by atoms with Gasteiger partial charge in [0.2, 0.25) is 0 Å². The summed E-state index contributed by atoms with van der Waals surface area (Å²) in [6.45, 7) is 5.35. The van der Waals surface area contributed by atoms with Crippen molar-refractivity contribution < 1.29 is 9.53 Å². The van der Waals surface area contributed by atoms with Gasteiger partial charge in [0.25, 0.3) is 0 Å². The molecule has 2 heteroatoms. The Morgan fingerprint density at radius 2 is 1.61 bits per heavy atom. The highest BCUT2D eigenvalue weighted by Gasteiger charge is 1.96. The minimum Gasteiger partial charge on any atom is -0.373 e. The highest BCUT2D eigenvalue weighted by atomic mass is 16.5. The second-order valence-electron chi connectivity index (χ2n) is 4.83. The molecule has 0 bridgehead atoms. The summed E-state index contributed by atoms with van der Waals surface area (Å²) >= 11 is 0. The van der Waals surface area contributed by atoms with Crippen molar-refractivity contribution >= 4 is 5.78 Å². The number of ether oxygens (including phenoxy) is 1. The van der Waals surface area contributed by atoms with Crippen LogP contribution in [0.15, 0.2) is 12.2 Å². The first-order chi connectivity index (χ1) is 8.81. The fourth-order valence-electron chi connectivity index (χ4n) is 1.74. The van der Waals surface area contributed by atoms with Crippen molar-refractivity contribution in [2.24, 2.45) is 0 Å². The van der Waals surface area contributed by atoms with Crippen molar-refractivity contribution in [3.8, 4) is 0 Å². The Labute approximate surface area is 113 Å². The van der Waals surface area contributed by atoms with Gasteiger partial charge in [0.05, 0.1) is 0 Å². The number of carbonyl (C=O) groups excluding carboxylic acids is 1. The van der Waals surface area contributed by atoms with Gasteiger partial charge >= 0.3 is 0 Å². The van der Waals surface area contributed by atoms with Crippen LogP contribution in [-0.2, 0) is 9.53 Å². The first-order valence-electron chi connectivity index (χ1n) is 7.58. The van der Waals surface area contributed by atoms with Gasteiger partial charge in [0.15, 0.2) is 5.78 Å². The van der Waals surface area contributed by atoms with Crippen LogP contribution in [0, 0.1) is 0 Å². The molecular formula is C16H30O2. The molecular weight excluding hydrogens is 224 g/mol. The third kappa shape index (κ3) is 13.4. The predicted octanol–water partition coefficient (Wildman–Crippen LogP) is 4.68. The van der Waals surface area contributed by atoms with Crippen LogP contribution < -0.4 is 0 Å². The van der Waals surface area contributed by atoms with E-state index in [-0.39, 0.29) is 12.4 Å². The Bertz CT molecular complexity index is 209. The van der Waals surface area contributed by atoms with Crippen LogP contribution in [0.25, 0.3) is 0 Å². The lowest BCUT2D eigenvalue weighted by molar-refractivity contribution is -0.119. The van der Waals surface area contributed by atoms with E-state index in [1.54, 1.807) is 6.08 Å². The van der Waals surface area contributed by atoms with Gasteiger partial charge in [-0.3, -0.25) is 4.79 Å². The highest BCUT2D eigenvalue weighted by molar-refractivity contribution is 5.90. The molecule has 2 nitrogen and oxygen atoms in total. The SMILES string of the molecule is CCCCC=CC(=O)COCCCCCCCC. The first kappa shape index (κ1) is 17.4. The molecule has 0 amide bonds. The monoisotopic (exact) mass is 254 g/mol. The van der Waals surface area contributed by atoms with E-state index in [0.29, 0.717) is 0 Å². The zero-order valence-corrected chi connectivity index (χ0v) is 12.2. The second kappa shape index (κ2) is 14.4. The molecule has 0 unspecified atom stereocenters. The number of carbonyl (C=O) groups is 1. The molecule has 0 aromatic heterocycles. The number of unbranched alkanes of at least 4 members (excludes halogenated alkanes) is 7. The van der Waals surface area contributed by atoms with E-state index in [2.05, 4.69) is 13.8 Å². The summed E-state index contributed by atoms with van der Waals surface area (Å²) < 4.78 is 5.36. The number of rotatable bonds is 13. The average Bonchev–Trinajstić information content (AvgIpc) is 2.38. The summed E-state index contributed by atoms with van der Waals surface area (Å²) in [6.07, 6.45) is 14.5. The zero-order chi connectivity index (χ0) is 13.5. The molecule has 106 valence electrons. The van der Waals surface area contributed by atoms with E-state index in [4.69, 9.17) is 4.74 Å². The van der Waals surface area contributed by atoms with Gasteiger partial charge in [0.1, 0.15) is 6.61 Å². The molecule has 0 spiro atoms. The molecule has 0 aromatic carbocycles. The van der Waals surface area contributed by atoms with E-state index < -0.39 is 0 Å². The molecule has 0 N–H and O–H groups in total. The van der Waals surface area contributed by atoms with Crippen LogP contribution in [0.3, 0.4) is 0 Å². The van der Waals surface area contributed by atoms with Crippen LogP contribution in [-0.4, -0.2) is 19.0 Å². The van der Waals surface area contributed by atoms with E-state index in [1.807, 2.05) is 6.08 Å². The minimum absolute atomic E-state index is 0.0945. The fraction of sp³-hybridized carbons (Fsp3) is 0.812. The van der Waals surface area contributed by atoms with Gasteiger partial charge in [0, 0.05) is 6.61 Å². The van der Waals surface area contributed by atoms with Crippen molar-refractivity contribution in [1.29, 1.82) is 0 Å². The summed E-state index contributed by atoms with van der Waals surface area (Å²) in [6, 6.07) is 0. The molecule has 0 fully saturated rings. The summed E-state index contributed by atoms with van der Waals surface area (Å²) in [7, 11) is 0. The molecule has 0 aliphatic carbocycles. The normalized spacial score (nSPS) is 11.2. The highest BCUT2D eigenvalue weighted by Crippen LogP contribution is 2.04. The first-order valence-corrected chi connectivity index (χ1v) is 7.58. The number of ketones is 1. The maximum absolute atomic E-state index is 11.4. The van der Waals surface area contributed by atoms with Gasteiger partial charge in [-0.1, -0.05) is 64.9 Å². The largest absolute Gasteiger partial charge is 0.373 e. The molecule has 0 radical (unpaired) electrons. The third-order valence-electron chi connectivity index (χ3n) is 2.91. The van der Waals surface area contributed by atoms with Crippen molar-refractivity contribution in [3.05, 3.63) is 12.2 Å². The standard InChI is InChI=1S/C16H30O2/c1-3-5-7-9-10-12-14-18-15-16(17)13-11-8-6-4-2/h11,13H,3-10,12,14-15H2,1-2H3. The molecule has 0 aromatic rings.